The maximum absolute atomic E-state index is 4.78. The van der Waals surface area contributed by atoms with Crippen LogP contribution in [-0.2, 0) is 4.84 Å². The van der Waals surface area contributed by atoms with E-state index in [9.17, 15) is 0 Å². The molecule has 0 saturated heterocycles. The van der Waals surface area contributed by atoms with Crippen molar-refractivity contribution in [1.29, 1.82) is 0 Å². The van der Waals surface area contributed by atoms with Gasteiger partial charge >= 0.3 is 0 Å². The molecule has 0 heterocycles. The van der Waals surface area contributed by atoms with Gasteiger partial charge in [0.15, 0.2) is 0 Å². The molecule has 2 rings (SSSR count). The first-order valence-electron chi connectivity index (χ1n) is 4.51. The van der Waals surface area contributed by atoms with Gasteiger partial charge in [-0.1, -0.05) is 11.6 Å². The standard InChI is InChI=1S/C9H15NO/c1-11-10-9-6-5-8(9)7-3-2-4-7/h7-8H,2-6H2,1H3/b10-9-. The highest BCUT2D eigenvalue weighted by Crippen LogP contribution is 2.42. The van der Waals surface area contributed by atoms with Crippen molar-refractivity contribution in [1.82, 2.24) is 0 Å². The number of hydrogen-bond donors (Lipinski definition) is 0. The summed E-state index contributed by atoms with van der Waals surface area (Å²) in [6.45, 7) is 0. The second kappa shape index (κ2) is 2.84. The molecular formula is C9H15NO. The van der Waals surface area contributed by atoms with E-state index < -0.39 is 0 Å². The fraction of sp³-hybridized carbons (Fsp3) is 0.889. The lowest BCUT2D eigenvalue weighted by atomic mass is 9.66. The van der Waals surface area contributed by atoms with Crippen molar-refractivity contribution in [3.8, 4) is 0 Å². The van der Waals surface area contributed by atoms with Crippen molar-refractivity contribution >= 4 is 5.71 Å². The molecule has 2 aliphatic rings. The van der Waals surface area contributed by atoms with Gasteiger partial charge in [-0.2, -0.15) is 0 Å². The predicted octanol–water partition coefficient (Wildman–Crippen LogP) is 2.20. The predicted molar refractivity (Wildman–Crippen MR) is 44.5 cm³/mol. The van der Waals surface area contributed by atoms with Crippen molar-refractivity contribution in [3.63, 3.8) is 0 Å². The second-order valence-corrected chi connectivity index (χ2v) is 3.60. The zero-order valence-electron chi connectivity index (χ0n) is 7.05. The zero-order chi connectivity index (χ0) is 7.68. The Morgan fingerprint density at radius 2 is 2.18 bits per heavy atom. The first kappa shape index (κ1) is 7.14. The first-order valence-corrected chi connectivity index (χ1v) is 4.51. The van der Waals surface area contributed by atoms with Gasteiger partial charge in [0.05, 0.1) is 5.71 Å². The summed E-state index contributed by atoms with van der Waals surface area (Å²) < 4.78 is 0. The third-order valence-electron chi connectivity index (χ3n) is 3.07. The van der Waals surface area contributed by atoms with Crippen LogP contribution in [0.2, 0.25) is 0 Å². The second-order valence-electron chi connectivity index (χ2n) is 3.60. The SMILES string of the molecule is CO/N=C1/CCC1C1CCC1. The van der Waals surface area contributed by atoms with Crippen LogP contribution < -0.4 is 0 Å². The molecule has 2 aliphatic carbocycles. The Kier molecular flexibility index (Phi) is 1.84. The lowest BCUT2D eigenvalue weighted by Crippen LogP contribution is -2.36. The molecule has 2 nitrogen and oxygen atoms in total. The number of rotatable bonds is 2. The van der Waals surface area contributed by atoms with Crippen molar-refractivity contribution in [2.45, 2.75) is 32.1 Å². The molecule has 0 aliphatic heterocycles. The molecule has 1 atom stereocenters. The lowest BCUT2D eigenvalue weighted by molar-refractivity contribution is 0.184. The van der Waals surface area contributed by atoms with Crippen LogP contribution in [0.25, 0.3) is 0 Å². The quantitative estimate of drug-likeness (QED) is 0.557. The molecule has 0 spiro atoms. The van der Waals surface area contributed by atoms with Gasteiger partial charge in [-0.3, -0.25) is 0 Å². The summed E-state index contributed by atoms with van der Waals surface area (Å²) in [4.78, 5) is 4.78. The maximum atomic E-state index is 4.78. The van der Waals surface area contributed by atoms with Crippen molar-refractivity contribution in [2.75, 3.05) is 7.11 Å². The third kappa shape index (κ3) is 1.15. The van der Waals surface area contributed by atoms with Gasteiger partial charge in [0.25, 0.3) is 0 Å². The topological polar surface area (TPSA) is 21.6 Å². The monoisotopic (exact) mass is 153 g/mol. The summed E-state index contributed by atoms with van der Waals surface area (Å²) in [5.41, 5.74) is 1.32. The molecule has 0 radical (unpaired) electrons. The molecule has 1 unspecified atom stereocenters. The Bertz CT molecular complexity index is 172. The molecule has 2 saturated carbocycles. The van der Waals surface area contributed by atoms with E-state index in [0.717, 1.165) is 11.8 Å². The Morgan fingerprint density at radius 1 is 1.36 bits per heavy atom. The largest absolute Gasteiger partial charge is 0.399 e. The molecule has 11 heavy (non-hydrogen) atoms. The van der Waals surface area contributed by atoms with E-state index in [4.69, 9.17) is 4.84 Å². The fourth-order valence-electron chi connectivity index (χ4n) is 2.02. The number of nitrogens with zero attached hydrogens (tertiary/aromatic N) is 1. The summed E-state index contributed by atoms with van der Waals surface area (Å²) in [5.74, 6) is 1.75. The molecule has 0 amide bonds. The van der Waals surface area contributed by atoms with Crippen molar-refractivity contribution in [2.24, 2.45) is 17.0 Å². The van der Waals surface area contributed by atoms with E-state index in [1.165, 1.54) is 37.8 Å². The van der Waals surface area contributed by atoms with E-state index in [0.29, 0.717) is 0 Å². The minimum Gasteiger partial charge on any atom is -0.399 e. The minimum atomic E-state index is 0.795. The summed E-state index contributed by atoms with van der Waals surface area (Å²) >= 11 is 0. The van der Waals surface area contributed by atoms with Gasteiger partial charge in [0.2, 0.25) is 0 Å². The smallest absolute Gasteiger partial charge is 0.106 e. The molecule has 0 aromatic heterocycles. The molecule has 0 aromatic rings. The highest BCUT2D eigenvalue weighted by atomic mass is 16.6. The molecule has 62 valence electrons. The van der Waals surface area contributed by atoms with Crippen molar-refractivity contribution in [3.05, 3.63) is 0 Å². The van der Waals surface area contributed by atoms with Crippen LogP contribution in [0.1, 0.15) is 32.1 Å². The van der Waals surface area contributed by atoms with E-state index in [2.05, 4.69) is 5.16 Å². The number of hydrogen-bond acceptors (Lipinski definition) is 2. The highest BCUT2D eigenvalue weighted by Gasteiger charge is 2.36. The average Bonchev–Trinajstić information content (AvgIpc) is 1.89. The van der Waals surface area contributed by atoms with Crippen LogP contribution in [0.3, 0.4) is 0 Å². The summed E-state index contributed by atoms with van der Waals surface area (Å²) in [6, 6.07) is 0. The Hall–Kier alpha value is -0.530. The Labute approximate surface area is 67.6 Å². The summed E-state index contributed by atoms with van der Waals surface area (Å²) in [6.07, 6.45) is 6.81. The molecule has 0 N–H and O–H groups in total. The summed E-state index contributed by atoms with van der Waals surface area (Å²) in [5, 5.41) is 4.03. The minimum absolute atomic E-state index is 0.795. The van der Waals surface area contributed by atoms with Crippen LogP contribution >= 0.6 is 0 Å². The van der Waals surface area contributed by atoms with E-state index in [1.54, 1.807) is 7.11 Å². The van der Waals surface area contributed by atoms with Gasteiger partial charge < -0.3 is 4.84 Å². The Balaban J connectivity index is 1.89. The van der Waals surface area contributed by atoms with Gasteiger partial charge in [-0.15, -0.1) is 0 Å². The molecular weight excluding hydrogens is 138 g/mol. The molecule has 2 fully saturated rings. The van der Waals surface area contributed by atoms with Gasteiger partial charge in [-0.05, 0) is 31.6 Å². The summed E-state index contributed by atoms with van der Waals surface area (Å²) in [7, 11) is 1.64. The highest BCUT2D eigenvalue weighted by molar-refractivity contribution is 5.91. The lowest BCUT2D eigenvalue weighted by Gasteiger charge is -2.39. The number of oxime groups is 1. The van der Waals surface area contributed by atoms with Crippen LogP contribution in [-0.4, -0.2) is 12.8 Å². The van der Waals surface area contributed by atoms with Crippen LogP contribution in [0.5, 0.6) is 0 Å². The van der Waals surface area contributed by atoms with Crippen molar-refractivity contribution < 1.29 is 4.84 Å². The van der Waals surface area contributed by atoms with Gasteiger partial charge in [0, 0.05) is 5.92 Å². The van der Waals surface area contributed by atoms with Gasteiger partial charge in [-0.25, -0.2) is 0 Å². The van der Waals surface area contributed by atoms with E-state index in [1.807, 2.05) is 0 Å². The van der Waals surface area contributed by atoms with Crippen LogP contribution in [0.15, 0.2) is 5.16 Å². The zero-order valence-corrected chi connectivity index (χ0v) is 7.05. The van der Waals surface area contributed by atoms with Crippen LogP contribution in [0, 0.1) is 11.8 Å². The van der Waals surface area contributed by atoms with E-state index >= 15 is 0 Å². The van der Waals surface area contributed by atoms with Gasteiger partial charge in [0.1, 0.15) is 7.11 Å². The fourth-order valence-corrected chi connectivity index (χ4v) is 2.02. The average molecular weight is 153 g/mol. The Morgan fingerprint density at radius 3 is 2.55 bits per heavy atom. The van der Waals surface area contributed by atoms with Crippen LogP contribution in [0.4, 0.5) is 0 Å². The first-order chi connectivity index (χ1) is 5.42. The third-order valence-corrected chi connectivity index (χ3v) is 3.07. The van der Waals surface area contributed by atoms with E-state index in [-0.39, 0.29) is 0 Å². The molecule has 0 bridgehead atoms. The molecule has 2 heteroatoms. The molecule has 0 aromatic carbocycles. The maximum Gasteiger partial charge on any atom is 0.106 e. The normalized spacial score (nSPS) is 34.6.